The second-order valence-corrected chi connectivity index (χ2v) is 6.53. The molecule has 124 valence electrons. The number of benzene rings is 1. The summed E-state index contributed by atoms with van der Waals surface area (Å²) < 4.78 is 0. The van der Waals surface area contributed by atoms with Crippen LogP contribution in [0.1, 0.15) is 43.5 Å². The number of rotatable bonds is 8. The molecule has 1 aromatic heterocycles. The maximum absolute atomic E-state index is 12.3. The molecule has 1 heterocycles. The largest absolute Gasteiger partial charge is 0.396 e. The van der Waals surface area contributed by atoms with E-state index in [1.165, 1.54) is 0 Å². The molecule has 0 radical (unpaired) electrons. The van der Waals surface area contributed by atoms with Gasteiger partial charge in [-0.25, -0.2) is 4.98 Å². The number of aromatic nitrogens is 1. The predicted molar refractivity (Wildman–Crippen MR) is 94.6 cm³/mol. The fourth-order valence-electron chi connectivity index (χ4n) is 2.70. The van der Waals surface area contributed by atoms with Gasteiger partial charge >= 0.3 is 0 Å². The van der Waals surface area contributed by atoms with E-state index in [1.54, 1.807) is 16.8 Å². The third-order valence-electron chi connectivity index (χ3n) is 4.64. The van der Waals surface area contributed by atoms with E-state index < -0.39 is 0 Å². The summed E-state index contributed by atoms with van der Waals surface area (Å²) >= 11 is 1.55. The third-order valence-corrected chi connectivity index (χ3v) is 5.23. The smallest absolute Gasteiger partial charge is 0.251 e. The van der Waals surface area contributed by atoms with E-state index in [1.807, 2.05) is 29.6 Å². The molecule has 23 heavy (non-hydrogen) atoms. The summed E-state index contributed by atoms with van der Waals surface area (Å²) in [6.07, 6.45) is 2.59. The number of aliphatic hydroxyl groups excluding tert-OH is 1. The van der Waals surface area contributed by atoms with Crippen LogP contribution in [0, 0.1) is 5.41 Å². The molecule has 0 saturated carbocycles. The Morgan fingerprint density at radius 1 is 1.26 bits per heavy atom. The zero-order chi connectivity index (χ0) is 16.7. The Hall–Kier alpha value is -1.72. The number of nitrogens with zero attached hydrogens (tertiary/aromatic N) is 1. The molecule has 0 saturated heterocycles. The van der Waals surface area contributed by atoms with Crippen LogP contribution in [-0.2, 0) is 0 Å². The lowest BCUT2D eigenvalue weighted by Crippen LogP contribution is -2.37. The van der Waals surface area contributed by atoms with Gasteiger partial charge in [0.1, 0.15) is 0 Å². The van der Waals surface area contributed by atoms with Crippen LogP contribution < -0.4 is 5.32 Å². The lowest BCUT2D eigenvalue weighted by atomic mass is 9.79. The number of nitrogens with one attached hydrogen (secondary N) is 1. The molecule has 5 heteroatoms. The Balaban J connectivity index is 2.00. The van der Waals surface area contributed by atoms with Gasteiger partial charge in [0.2, 0.25) is 0 Å². The van der Waals surface area contributed by atoms with Gasteiger partial charge in [-0.2, -0.15) is 0 Å². The minimum Gasteiger partial charge on any atom is -0.396 e. The highest BCUT2D eigenvalue weighted by atomic mass is 32.1. The number of hydrogen-bond donors (Lipinski definition) is 2. The molecule has 0 aliphatic rings. The average molecular weight is 332 g/mol. The molecule has 4 nitrogen and oxygen atoms in total. The zero-order valence-electron chi connectivity index (χ0n) is 13.7. The zero-order valence-corrected chi connectivity index (χ0v) is 14.5. The van der Waals surface area contributed by atoms with Crippen molar-refractivity contribution in [3.8, 4) is 11.3 Å². The molecule has 0 aliphatic carbocycles. The van der Waals surface area contributed by atoms with Crippen LogP contribution in [0.15, 0.2) is 35.2 Å². The standard InChI is InChI=1S/C18H24N2O2S/c1-3-18(4-2,9-10-21)12-19-17(22)15-7-5-14(6-8-15)16-11-23-13-20-16/h5-8,11,13,21H,3-4,9-10,12H2,1-2H3,(H,19,22). The second kappa shape index (κ2) is 8.22. The van der Waals surface area contributed by atoms with E-state index in [-0.39, 0.29) is 17.9 Å². The van der Waals surface area contributed by atoms with E-state index in [2.05, 4.69) is 24.1 Å². The first kappa shape index (κ1) is 17.6. The van der Waals surface area contributed by atoms with Crippen LogP contribution in [0.3, 0.4) is 0 Å². The molecule has 0 spiro atoms. The van der Waals surface area contributed by atoms with Gasteiger partial charge in [0.25, 0.3) is 5.91 Å². The number of aliphatic hydroxyl groups is 1. The first-order valence-corrected chi connectivity index (χ1v) is 8.96. The highest BCUT2D eigenvalue weighted by Crippen LogP contribution is 2.29. The average Bonchev–Trinajstić information content (AvgIpc) is 3.13. The first-order valence-electron chi connectivity index (χ1n) is 8.02. The molecule has 0 fully saturated rings. The van der Waals surface area contributed by atoms with Gasteiger partial charge in [-0.15, -0.1) is 11.3 Å². The van der Waals surface area contributed by atoms with E-state index in [0.717, 1.165) is 24.1 Å². The monoisotopic (exact) mass is 332 g/mol. The number of carbonyl (C=O) groups is 1. The summed E-state index contributed by atoms with van der Waals surface area (Å²) in [5.74, 6) is -0.0703. The molecular weight excluding hydrogens is 308 g/mol. The number of hydrogen-bond acceptors (Lipinski definition) is 4. The topological polar surface area (TPSA) is 62.2 Å². The van der Waals surface area contributed by atoms with Gasteiger partial charge in [0.05, 0.1) is 11.2 Å². The summed E-state index contributed by atoms with van der Waals surface area (Å²) in [5.41, 5.74) is 4.37. The summed E-state index contributed by atoms with van der Waals surface area (Å²) in [6.45, 7) is 4.95. The molecule has 2 aromatic rings. The second-order valence-electron chi connectivity index (χ2n) is 5.81. The van der Waals surface area contributed by atoms with Gasteiger partial charge in [-0.3, -0.25) is 4.79 Å². The maximum atomic E-state index is 12.3. The van der Waals surface area contributed by atoms with E-state index in [4.69, 9.17) is 0 Å². The number of thiazole rings is 1. The molecule has 2 rings (SSSR count). The van der Waals surface area contributed by atoms with Gasteiger partial charge in [-0.05, 0) is 36.8 Å². The van der Waals surface area contributed by atoms with Crippen LogP contribution in [0.4, 0.5) is 0 Å². The fraction of sp³-hybridized carbons (Fsp3) is 0.444. The van der Waals surface area contributed by atoms with Crippen molar-refractivity contribution in [1.82, 2.24) is 10.3 Å². The van der Waals surface area contributed by atoms with Gasteiger partial charge in [0.15, 0.2) is 0 Å². The van der Waals surface area contributed by atoms with Crippen molar-refractivity contribution >= 4 is 17.2 Å². The van der Waals surface area contributed by atoms with Crippen molar-refractivity contribution in [2.45, 2.75) is 33.1 Å². The summed E-state index contributed by atoms with van der Waals surface area (Å²) in [7, 11) is 0. The van der Waals surface area contributed by atoms with Gasteiger partial charge in [-0.1, -0.05) is 26.0 Å². The molecule has 1 amide bonds. The highest BCUT2D eigenvalue weighted by molar-refractivity contribution is 7.07. The minimum absolute atomic E-state index is 0.0229. The van der Waals surface area contributed by atoms with Crippen molar-refractivity contribution in [1.29, 1.82) is 0 Å². The van der Waals surface area contributed by atoms with E-state index in [0.29, 0.717) is 18.5 Å². The maximum Gasteiger partial charge on any atom is 0.251 e. The highest BCUT2D eigenvalue weighted by Gasteiger charge is 2.26. The van der Waals surface area contributed by atoms with Crippen molar-refractivity contribution in [2.24, 2.45) is 5.41 Å². The van der Waals surface area contributed by atoms with Crippen LogP contribution in [0.25, 0.3) is 11.3 Å². The predicted octanol–water partition coefficient (Wildman–Crippen LogP) is 3.73. The lowest BCUT2D eigenvalue weighted by Gasteiger charge is -2.31. The summed E-state index contributed by atoms with van der Waals surface area (Å²) in [5, 5.41) is 14.3. The minimum atomic E-state index is -0.0703. The Kier molecular flexibility index (Phi) is 6.30. The number of amides is 1. The Morgan fingerprint density at radius 2 is 1.96 bits per heavy atom. The molecule has 1 aromatic carbocycles. The first-order chi connectivity index (χ1) is 11.1. The molecule has 0 aliphatic heterocycles. The molecule has 0 bridgehead atoms. The van der Waals surface area contributed by atoms with Gasteiger partial charge < -0.3 is 10.4 Å². The molecule has 0 atom stereocenters. The Bertz CT molecular complexity index is 604. The van der Waals surface area contributed by atoms with Crippen molar-refractivity contribution in [3.63, 3.8) is 0 Å². The summed E-state index contributed by atoms with van der Waals surface area (Å²) in [6, 6.07) is 7.50. The third kappa shape index (κ3) is 4.39. The Labute approximate surface area is 141 Å². The number of carbonyl (C=O) groups excluding carboxylic acids is 1. The molecule has 0 unspecified atom stereocenters. The fourth-order valence-corrected chi connectivity index (χ4v) is 3.26. The van der Waals surface area contributed by atoms with E-state index >= 15 is 0 Å². The van der Waals surface area contributed by atoms with Crippen LogP contribution in [0.2, 0.25) is 0 Å². The lowest BCUT2D eigenvalue weighted by molar-refractivity contribution is 0.0907. The SMILES string of the molecule is CCC(CC)(CCO)CNC(=O)c1ccc(-c2cscn2)cc1. The Morgan fingerprint density at radius 3 is 2.48 bits per heavy atom. The van der Waals surface area contributed by atoms with Crippen molar-refractivity contribution in [3.05, 3.63) is 40.7 Å². The molecule has 2 N–H and O–H groups in total. The van der Waals surface area contributed by atoms with Crippen LogP contribution >= 0.6 is 11.3 Å². The normalized spacial score (nSPS) is 11.4. The van der Waals surface area contributed by atoms with E-state index in [9.17, 15) is 9.90 Å². The van der Waals surface area contributed by atoms with Crippen LogP contribution in [-0.4, -0.2) is 29.1 Å². The van der Waals surface area contributed by atoms with Gasteiger partial charge in [0, 0.05) is 29.7 Å². The van der Waals surface area contributed by atoms with Crippen LogP contribution in [0.5, 0.6) is 0 Å². The molecular formula is C18H24N2O2S. The van der Waals surface area contributed by atoms with Crippen molar-refractivity contribution in [2.75, 3.05) is 13.2 Å². The quantitative estimate of drug-likeness (QED) is 0.774. The summed E-state index contributed by atoms with van der Waals surface area (Å²) in [4.78, 5) is 16.6. The van der Waals surface area contributed by atoms with Crippen molar-refractivity contribution < 1.29 is 9.90 Å².